The summed E-state index contributed by atoms with van der Waals surface area (Å²) in [5.74, 6) is 1.22. The molecule has 5 heterocycles. The summed E-state index contributed by atoms with van der Waals surface area (Å²) in [4.78, 5) is 74.0. The van der Waals surface area contributed by atoms with Crippen molar-refractivity contribution in [1.29, 1.82) is 0 Å². The van der Waals surface area contributed by atoms with Gasteiger partial charge in [0, 0.05) is 18.8 Å². The Morgan fingerprint density at radius 1 is 0.619 bits per heavy atom. The number of carbonyl (C=O) groups excluding carboxylic acids is 2. The second-order valence-corrected chi connectivity index (χ2v) is 19.5. The number of hydrogen-bond acceptors (Lipinski definition) is 7. The topological polar surface area (TPSA) is 200 Å². The van der Waals surface area contributed by atoms with Crippen molar-refractivity contribution in [2.75, 3.05) is 18.0 Å². The summed E-state index contributed by atoms with van der Waals surface area (Å²) in [6, 6.07) is 20.0. The predicted molar refractivity (Wildman–Crippen MR) is 237 cm³/mol. The van der Waals surface area contributed by atoms with Gasteiger partial charge in [-0.05, 0) is 135 Å². The number of H-pyrrole nitrogens is 2. The lowest BCUT2D eigenvalue weighted by Crippen LogP contribution is -2.49. The van der Waals surface area contributed by atoms with E-state index in [9.17, 15) is 29.4 Å². The monoisotopic (exact) mass is 855 g/mol. The standard InChI is InChI=1S/C48H57N9O6/c1-48(2,3)30-14-16-31(17-15-30)57-36(28-12-18-32-34(24-28)51-42(49-32)38-6-4-22-55(38)44(58)40(26-8-9-26)53-46(60)61)20-21-37(57)29-13-19-33-35(25-29)52-43(50-33)39-7-5-23-56(39)45(59)41(27-10-11-27)54-47(62)63/h12-19,24-27,36-41,53-54H,4-11,20-23H2,1-3H3,(H,49,51)(H,50,52)(H,60,61)(H,62,63)/t36-,37+,38?,39?,40-,41?/m0/s1. The maximum atomic E-state index is 13.7. The number of hydrogen-bond donors (Lipinski definition) is 6. The first-order valence-electron chi connectivity index (χ1n) is 22.8. The maximum absolute atomic E-state index is 13.7. The van der Waals surface area contributed by atoms with Crippen LogP contribution in [0.15, 0.2) is 60.7 Å². The Balaban J connectivity index is 0.939. The molecule has 3 saturated heterocycles. The summed E-state index contributed by atoms with van der Waals surface area (Å²) in [7, 11) is 0. The summed E-state index contributed by atoms with van der Waals surface area (Å²) in [5, 5.41) is 23.9. The van der Waals surface area contributed by atoms with Crippen molar-refractivity contribution in [3.8, 4) is 0 Å². The highest BCUT2D eigenvalue weighted by Gasteiger charge is 2.45. The minimum atomic E-state index is -1.17. The van der Waals surface area contributed by atoms with Crippen LogP contribution < -0.4 is 15.5 Å². The van der Waals surface area contributed by atoms with Gasteiger partial charge in [-0.2, -0.15) is 0 Å². The normalized spacial score (nSPS) is 23.7. The van der Waals surface area contributed by atoms with Crippen LogP contribution in [0.3, 0.4) is 0 Å². The van der Waals surface area contributed by atoms with Crippen LogP contribution in [0.25, 0.3) is 22.1 Å². The van der Waals surface area contributed by atoms with Crippen LogP contribution in [0, 0.1) is 11.8 Å². The summed E-state index contributed by atoms with van der Waals surface area (Å²) >= 11 is 0. The van der Waals surface area contributed by atoms with Crippen molar-refractivity contribution in [2.24, 2.45) is 11.8 Å². The third-order valence-corrected chi connectivity index (χ3v) is 14.2. The van der Waals surface area contributed by atoms with Gasteiger partial charge in [-0.1, -0.05) is 45.0 Å². The van der Waals surface area contributed by atoms with E-state index in [0.29, 0.717) is 13.1 Å². The number of likely N-dealkylation sites (tertiary alicyclic amines) is 2. The number of fused-ring (bicyclic) bond motifs is 2. The number of amides is 4. The second-order valence-electron chi connectivity index (χ2n) is 19.5. The van der Waals surface area contributed by atoms with Gasteiger partial charge in [0.2, 0.25) is 11.8 Å². The molecule has 63 heavy (non-hydrogen) atoms. The number of aromatic nitrogens is 4. The number of carboxylic acid groups (broad SMARTS) is 2. The van der Waals surface area contributed by atoms with E-state index in [2.05, 4.69) is 107 Å². The zero-order chi connectivity index (χ0) is 43.7. The summed E-state index contributed by atoms with van der Waals surface area (Å²) in [5.41, 5.74) is 8.20. The third-order valence-electron chi connectivity index (χ3n) is 14.2. The molecular weight excluding hydrogens is 799 g/mol. The first kappa shape index (κ1) is 40.9. The molecule has 3 unspecified atom stereocenters. The summed E-state index contributed by atoms with van der Waals surface area (Å²) in [6.45, 7) is 7.82. The van der Waals surface area contributed by atoms with E-state index in [4.69, 9.17) is 9.97 Å². The number of nitrogens with zero attached hydrogens (tertiary/aromatic N) is 5. The predicted octanol–water partition coefficient (Wildman–Crippen LogP) is 8.24. The quantitative estimate of drug-likeness (QED) is 0.0757. The van der Waals surface area contributed by atoms with E-state index in [-0.39, 0.29) is 53.2 Å². The van der Waals surface area contributed by atoms with Crippen molar-refractivity contribution in [3.05, 3.63) is 89.0 Å². The molecule has 6 N–H and O–H groups in total. The SMILES string of the molecule is CC(C)(C)c1ccc(N2[C@@H](c3ccc4nc(C5CCCN5C(=O)C(NC(=O)O)C5CC5)[nH]c4c3)CC[C@H]2c2ccc3nc(C4CCCN4C(=O)[C@@H](NC(=O)O)C4CC4)[nH]c3c2)cc1. The second kappa shape index (κ2) is 15.9. The maximum Gasteiger partial charge on any atom is 0.405 e. The number of carbonyl (C=O) groups is 4. The van der Waals surface area contributed by atoms with Gasteiger partial charge < -0.3 is 45.5 Å². The largest absolute Gasteiger partial charge is 0.465 e. The number of anilines is 1. The fourth-order valence-corrected chi connectivity index (χ4v) is 10.7. The van der Waals surface area contributed by atoms with Crippen molar-refractivity contribution >= 4 is 51.8 Å². The molecule has 5 aromatic rings. The minimum Gasteiger partial charge on any atom is -0.465 e. The molecule has 15 nitrogen and oxygen atoms in total. The molecule has 0 spiro atoms. The molecule has 2 aliphatic carbocycles. The fourth-order valence-electron chi connectivity index (χ4n) is 10.7. The van der Waals surface area contributed by atoms with Crippen molar-refractivity contribution < 1.29 is 29.4 Å². The lowest BCUT2D eigenvalue weighted by atomic mass is 9.87. The van der Waals surface area contributed by atoms with Crippen LogP contribution in [0.4, 0.5) is 15.3 Å². The first-order valence-corrected chi connectivity index (χ1v) is 22.8. The lowest BCUT2D eigenvalue weighted by Gasteiger charge is -2.34. The highest BCUT2D eigenvalue weighted by molar-refractivity contribution is 5.88. The van der Waals surface area contributed by atoms with E-state index in [1.807, 2.05) is 9.80 Å². The minimum absolute atomic E-state index is 0.00520. The Morgan fingerprint density at radius 2 is 1.06 bits per heavy atom. The van der Waals surface area contributed by atoms with Gasteiger partial charge in [0.25, 0.3) is 0 Å². The molecule has 5 aliphatic rings. The van der Waals surface area contributed by atoms with Crippen LogP contribution in [0.1, 0.15) is 137 Å². The molecule has 3 aromatic carbocycles. The summed E-state index contributed by atoms with van der Waals surface area (Å²) < 4.78 is 0. The number of aromatic amines is 2. The lowest BCUT2D eigenvalue weighted by molar-refractivity contribution is -0.135. The zero-order valence-corrected chi connectivity index (χ0v) is 36.1. The number of benzene rings is 3. The Bertz CT molecular complexity index is 2420. The molecular formula is C48H57N9O6. The summed E-state index contributed by atoms with van der Waals surface area (Å²) in [6.07, 6.45) is 6.05. The first-order chi connectivity index (χ1) is 30.3. The van der Waals surface area contributed by atoms with Gasteiger partial charge in [-0.3, -0.25) is 9.59 Å². The highest BCUT2D eigenvalue weighted by Crippen LogP contribution is 2.48. The van der Waals surface area contributed by atoms with Gasteiger partial charge in [0.15, 0.2) is 0 Å². The van der Waals surface area contributed by atoms with Crippen molar-refractivity contribution in [1.82, 2.24) is 40.4 Å². The average Bonchev–Trinajstić information content (AvgIpc) is 3.90. The van der Waals surface area contributed by atoms with Crippen LogP contribution in [-0.4, -0.2) is 89.1 Å². The van der Waals surface area contributed by atoms with Crippen LogP contribution >= 0.6 is 0 Å². The third kappa shape index (κ3) is 7.95. The number of imidazole rings is 2. The number of rotatable bonds is 11. The Morgan fingerprint density at radius 3 is 1.46 bits per heavy atom. The van der Waals surface area contributed by atoms with Gasteiger partial charge in [0.05, 0.1) is 46.2 Å². The molecule has 0 radical (unpaired) electrons. The molecule has 4 amide bonds. The Labute approximate surface area is 366 Å². The smallest absolute Gasteiger partial charge is 0.405 e. The van der Waals surface area contributed by atoms with Crippen LogP contribution in [-0.2, 0) is 15.0 Å². The Hall–Kier alpha value is -6.12. The van der Waals surface area contributed by atoms with Gasteiger partial charge in [-0.15, -0.1) is 0 Å². The van der Waals surface area contributed by atoms with Gasteiger partial charge >= 0.3 is 12.2 Å². The molecule has 6 atom stereocenters. The van der Waals surface area contributed by atoms with Crippen LogP contribution in [0.2, 0.25) is 0 Å². The van der Waals surface area contributed by atoms with Crippen molar-refractivity contribution in [2.45, 2.75) is 127 Å². The Kier molecular flexibility index (Phi) is 10.3. The van der Waals surface area contributed by atoms with E-state index >= 15 is 0 Å². The molecule has 3 aliphatic heterocycles. The molecule has 2 aromatic heterocycles. The van der Waals surface area contributed by atoms with Gasteiger partial charge in [0.1, 0.15) is 23.7 Å². The fraction of sp³-hybridized carbons (Fsp3) is 0.500. The molecule has 330 valence electrons. The molecule has 5 fully saturated rings. The highest BCUT2D eigenvalue weighted by atomic mass is 16.4. The van der Waals surface area contributed by atoms with Crippen LogP contribution in [0.5, 0.6) is 0 Å². The van der Waals surface area contributed by atoms with E-state index in [0.717, 1.165) is 115 Å². The van der Waals surface area contributed by atoms with E-state index in [1.165, 1.54) is 5.56 Å². The van der Waals surface area contributed by atoms with E-state index in [1.54, 1.807) is 0 Å². The van der Waals surface area contributed by atoms with Crippen molar-refractivity contribution in [3.63, 3.8) is 0 Å². The molecule has 0 bridgehead atoms. The molecule has 15 heteroatoms. The molecule has 10 rings (SSSR count). The van der Waals surface area contributed by atoms with Gasteiger partial charge in [-0.25, -0.2) is 19.6 Å². The molecule has 2 saturated carbocycles. The average molecular weight is 856 g/mol. The van der Waals surface area contributed by atoms with E-state index < -0.39 is 24.3 Å². The zero-order valence-electron chi connectivity index (χ0n) is 36.1. The number of nitrogens with one attached hydrogen (secondary N) is 4.